The van der Waals surface area contributed by atoms with E-state index in [4.69, 9.17) is 4.74 Å². The zero-order valence-electron chi connectivity index (χ0n) is 11.2. The number of ether oxygens (including phenoxy) is 1. The smallest absolute Gasteiger partial charge is 0.265 e. The topological polar surface area (TPSA) is 79.5 Å². The third-order valence-electron chi connectivity index (χ3n) is 3.53. The van der Waals surface area contributed by atoms with E-state index in [2.05, 4.69) is 16.0 Å². The average molecular weight is 275 g/mol. The van der Waals surface area contributed by atoms with Gasteiger partial charge >= 0.3 is 0 Å². The van der Waals surface area contributed by atoms with E-state index in [9.17, 15) is 9.59 Å². The van der Waals surface area contributed by atoms with Gasteiger partial charge < -0.3 is 20.7 Å². The lowest BCUT2D eigenvalue weighted by Crippen LogP contribution is -2.43. The fourth-order valence-electron chi connectivity index (χ4n) is 2.25. The second kappa shape index (κ2) is 5.13. The predicted molar refractivity (Wildman–Crippen MR) is 74.8 cm³/mol. The first-order valence-corrected chi connectivity index (χ1v) is 6.74. The van der Waals surface area contributed by atoms with Gasteiger partial charge in [0.1, 0.15) is 5.75 Å². The second-order valence-corrected chi connectivity index (χ2v) is 5.24. The summed E-state index contributed by atoms with van der Waals surface area (Å²) in [6.45, 7) is 3.50. The maximum absolute atomic E-state index is 11.8. The normalized spacial score (nSPS) is 21.2. The summed E-state index contributed by atoms with van der Waals surface area (Å²) in [6, 6.07) is 5.25. The lowest BCUT2D eigenvalue weighted by atomic mass is 9.99. The number of hydrogen-bond donors (Lipinski definition) is 3. The predicted octanol–water partition coefficient (Wildman–Crippen LogP) is 0.954. The molecule has 6 heteroatoms. The molecule has 0 radical (unpaired) electrons. The third kappa shape index (κ3) is 2.60. The Balaban J connectivity index is 1.67. The van der Waals surface area contributed by atoms with Crippen molar-refractivity contribution >= 4 is 23.2 Å². The number of anilines is 2. The van der Waals surface area contributed by atoms with Crippen LogP contribution in [0.25, 0.3) is 0 Å². The first-order valence-electron chi connectivity index (χ1n) is 6.74. The Morgan fingerprint density at radius 2 is 2.25 bits per heavy atom. The summed E-state index contributed by atoms with van der Waals surface area (Å²) in [5.74, 6) is 0.865. The summed E-state index contributed by atoms with van der Waals surface area (Å²) in [5, 5.41) is 8.74. The highest BCUT2D eigenvalue weighted by Gasteiger charge is 2.24. The maximum Gasteiger partial charge on any atom is 0.265 e. The molecular weight excluding hydrogens is 258 g/mol. The molecule has 3 N–H and O–H groups in total. The van der Waals surface area contributed by atoms with Gasteiger partial charge in [-0.1, -0.05) is 0 Å². The van der Waals surface area contributed by atoms with Crippen molar-refractivity contribution in [3.8, 4) is 5.75 Å². The molecule has 0 bridgehead atoms. The highest BCUT2D eigenvalue weighted by molar-refractivity contribution is 5.99. The number of hydrogen-bond acceptors (Lipinski definition) is 4. The van der Waals surface area contributed by atoms with Crippen molar-refractivity contribution < 1.29 is 14.3 Å². The van der Waals surface area contributed by atoms with Crippen molar-refractivity contribution in [3.63, 3.8) is 0 Å². The minimum Gasteiger partial charge on any atom is -0.479 e. The number of carbonyl (C=O) groups is 2. The van der Waals surface area contributed by atoms with Gasteiger partial charge in [-0.3, -0.25) is 9.59 Å². The van der Waals surface area contributed by atoms with Gasteiger partial charge in [-0.25, -0.2) is 0 Å². The van der Waals surface area contributed by atoms with E-state index in [1.165, 1.54) is 0 Å². The lowest BCUT2D eigenvalue weighted by molar-refractivity contribution is -0.122. The molecule has 2 aliphatic heterocycles. The monoisotopic (exact) mass is 275 g/mol. The van der Waals surface area contributed by atoms with Crippen molar-refractivity contribution in [1.82, 2.24) is 5.32 Å². The van der Waals surface area contributed by atoms with Crippen LogP contribution < -0.4 is 20.7 Å². The number of nitrogens with one attached hydrogen (secondary N) is 3. The third-order valence-corrected chi connectivity index (χ3v) is 3.53. The van der Waals surface area contributed by atoms with E-state index >= 15 is 0 Å². The number of carbonyl (C=O) groups excluding carboxylic acids is 2. The highest BCUT2D eigenvalue weighted by Crippen LogP contribution is 2.32. The molecule has 2 amide bonds. The van der Waals surface area contributed by atoms with E-state index in [1.807, 2.05) is 0 Å². The Hall–Kier alpha value is -2.08. The van der Waals surface area contributed by atoms with Crippen LogP contribution in [0, 0.1) is 5.92 Å². The van der Waals surface area contributed by atoms with Gasteiger partial charge in [0.05, 0.1) is 5.69 Å². The van der Waals surface area contributed by atoms with Gasteiger partial charge in [-0.2, -0.15) is 0 Å². The zero-order chi connectivity index (χ0) is 14.1. The maximum atomic E-state index is 11.8. The summed E-state index contributed by atoms with van der Waals surface area (Å²) in [4.78, 5) is 23.4. The standard InChI is InChI=1S/C14H17N3O3/c1-8-14(19)17-11-5-10(2-3-12(11)20-8)16-13(18)4-9-6-15-7-9/h2-3,5,8-9,15H,4,6-7H2,1H3,(H,16,18)(H,17,19). The van der Waals surface area contributed by atoms with Gasteiger partial charge in [0.2, 0.25) is 5.91 Å². The molecule has 0 aromatic heterocycles. The molecule has 20 heavy (non-hydrogen) atoms. The fourth-order valence-corrected chi connectivity index (χ4v) is 2.25. The van der Waals surface area contributed by atoms with Gasteiger partial charge in [-0.05, 0) is 44.1 Å². The first kappa shape index (κ1) is 12.9. The van der Waals surface area contributed by atoms with Gasteiger partial charge in [0.15, 0.2) is 6.10 Å². The van der Waals surface area contributed by atoms with E-state index in [0.29, 0.717) is 29.5 Å². The summed E-state index contributed by atoms with van der Waals surface area (Å²) in [6.07, 6.45) is 0.0262. The van der Waals surface area contributed by atoms with Gasteiger partial charge in [0, 0.05) is 12.1 Å². The Kier molecular flexibility index (Phi) is 3.31. The van der Waals surface area contributed by atoms with E-state index in [-0.39, 0.29) is 11.8 Å². The summed E-state index contributed by atoms with van der Waals surface area (Å²) >= 11 is 0. The van der Waals surface area contributed by atoms with Crippen molar-refractivity contribution in [1.29, 1.82) is 0 Å². The number of rotatable bonds is 3. The van der Waals surface area contributed by atoms with Crippen LogP contribution in [0.3, 0.4) is 0 Å². The molecule has 1 atom stereocenters. The number of benzene rings is 1. The molecule has 1 fully saturated rings. The summed E-state index contributed by atoms with van der Waals surface area (Å²) in [7, 11) is 0. The molecular formula is C14H17N3O3. The van der Waals surface area contributed by atoms with Crippen molar-refractivity contribution in [2.75, 3.05) is 23.7 Å². The first-order chi connectivity index (χ1) is 9.61. The fraction of sp³-hybridized carbons (Fsp3) is 0.429. The van der Waals surface area contributed by atoms with Gasteiger partial charge in [-0.15, -0.1) is 0 Å². The van der Waals surface area contributed by atoms with Gasteiger partial charge in [0.25, 0.3) is 5.91 Å². The second-order valence-electron chi connectivity index (χ2n) is 5.24. The molecule has 106 valence electrons. The molecule has 2 aliphatic rings. The molecule has 3 rings (SSSR count). The largest absolute Gasteiger partial charge is 0.479 e. The molecule has 0 spiro atoms. The highest BCUT2D eigenvalue weighted by atomic mass is 16.5. The average Bonchev–Trinajstić information content (AvgIpc) is 2.36. The van der Waals surface area contributed by atoms with Crippen molar-refractivity contribution in [3.05, 3.63) is 18.2 Å². The molecule has 0 aliphatic carbocycles. The van der Waals surface area contributed by atoms with Crippen LogP contribution in [0.4, 0.5) is 11.4 Å². The number of amides is 2. The van der Waals surface area contributed by atoms with E-state index in [1.54, 1.807) is 25.1 Å². The summed E-state index contributed by atoms with van der Waals surface area (Å²) < 4.78 is 5.46. The molecule has 1 aromatic rings. The molecule has 1 unspecified atom stereocenters. The van der Waals surface area contributed by atoms with Crippen LogP contribution in [-0.2, 0) is 9.59 Å². The van der Waals surface area contributed by atoms with E-state index < -0.39 is 6.10 Å². The molecule has 2 heterocycles. The minimum absolute atomic E-state index is 0.00660. The molecule has 6 nitrogen and oxygen atoms in total. The van der Waals surface area contributed by atoms with Crippen LogP contribution in [0.1, 0.15) is 13.3 Å². The Bertz CT molecular complexity index is 555. The summed E-state index contributed by atoms with van der Waals surface area (Å²) in [5.41, 5.74) is 1.26. The van der Waals surface area contributed by atoms with E-state index in [0.717, 1.165) is 13.1 Å². The Morgan fingerprint density at radius 1 is 1.45 bits per heavy atom. The molecule has 1 saturated heterocycles. The molecule has 0 saturated carbocycles. The SMILES string of the molecule is CC1Oc2ccc(NC(=O)CC3CNC3)cc2NC1=O. The van der Waals surface area contributed by atoms with Crippen molar-refractivity contribution in [2.45, 2.75) is 19.4 Å². The number of fused-ring (bicyclic) bond motifs is 1. The lowest BCUT2D eigenvalue weighted by Gasteiger charge is -2.26. The molecule has 1 aromatic carbocycles. The van der Waals surface area contributed by atoms with Crippen LogP contribution in [0.5, 0.6) is 5.75 Å². The Labute approximate surface area is 116 Å². The Morgan fingerprint density at radius 3 is 2.95 bits per heavy atom. The quantitative estimate of drug-likeness (QED) is 0.767. The van der Waals surface area contributed by atoms with Crippen LogP contribution >= 0.6 is 0 Å². The van der Waals surface area contributed by atoms with Crippen LogP contribution in [-0.4, -0.2) is 31.0 Å². The van der Waals surface area contributed by atoms with Crippen molar-refractivity contribution in [2.24, 2.45) is 5.92 Å². The van der Waals surface area contributed by atoms with Crippen LogP contribution in [0.2, 0.25) is 0 Å². The zero-order valence-corrected chi connectivity index (χ0v) is 11.2. The minimum atomic E-state index is -0.492. The van der Waals surface area contributed by atoms with Crippen LogP contribution in [0.15, 0.2) is 18.2 Å².